The van der Waals surface area contributed by atoms with Gasteiger partial charge in [-0.3, -0.25) is 4.90 Å². The third-order valence-corrected chi connectivity index (χ3v) is 2.24. The van der Waals surface area contributed by atoms with E-state index in [9.17, 15) is 18.3 Å². The number of phenolic OH excluding ortho intramolecular Hbond substituents is 1. The highest BCUT2D eigenvalue weighted by molar-refractivity contribution is 5.31. The molecule has 16 heavy (non-hydrogen) atoms. The summed E-state index contributed by atoms with van der Waals surface area (Å²) in [6.45, 7) is 1.08. The Kier molecular flexibility index (Phi) is 4.18. The Morgan fingerprint density at radius 1 is 1.25 bits per heavy atom. The summed E-state index contributed by atoms with van der Waals surface area (Å²) in [7, 11) is 0. The quantitative estimate of drug-likeness (QED) is 0.864. The Morgan fingerprint density at radius 3 is 2.38 bits per heavy atom. The summed E-state index contributed by atoms with van der Waals surface area (Å²) in [5.74, 6) is 0.0307. The fourth-order valence-corrected chi connectivity index (χ4v) is 1.42. The van der Waals surface area contributed by atoms with Gasteiger partial charge in [0.2, 0.25) is 0 Å². The number of alkyl halides is 3. The molecule has 0 bridgehead atoms. The molecule has 0 amide bonds. The molecule has 0 aliphatic heterocycles. The van der Waals surface area contributed by atoms with Crippen molar-refractivity contribution in [3.63, 3.8) is 0 Å². The Morgan fingerprint density at radius 2 is 1.88 bits per heavy atom. The summed E-state index contributed by atoms with van der Waals surface area (Å²) in [6, 6.07) is 6.42. The van der Waals surface area contributed by atoms with Gasteiger partial charge in [0.15, 0.2) is 0 Å². The maximum absolute atomic E-state index is 12.2. The van der Waals surface area contributed by atoms with Crippen LogP contribution in [0.25, 0.3) is 0 Å². The predicted molar refractivity (Wildman–Crippen MR) is 55.1 cm³/mol. The summed E-state index contributed by atoms with van der Waals surface area (Å²) in [5, 5.41) is 9.45. The predicted octanol–water partition coefficient (Wildman–Crippen LogP) is 2.78. The number of nitrogens with zero attached hydrogens (tertiary/aromatic N) is 1. The first kappa shape index (κ1) is 12.8. The van der Waals surface area contributed by atoms with E-state index in [2.05, 4.69) is 0 Å². The molecule has 0 aliphatic rings. The maximum atomic E-state index is 12.2. The van der Waals surface area contributed by atoms with E-state index in [1.807, 2.05) is 0 Å². The Balaban J connectivity index is 2.67. The zero-order valence-corrected chi connectivity index (χ0v) is 8.96. The number of para-hydroxylation sites is 1. The number of rotatable bonds is 4. The minimum absolute atomic E-state index is 0.0307. The SMILES string of the molecule is CCN(Cc1ccccc1O)CC(F)(F)F. The van der Waals surface area contributed by atoms with Crippen molar-refractivity contribution >= 4 is 0 Å². The fourth-order valence-electron chi connectivity index (χ4n) is 1.42. The first-order chi connectivity index (χ1) is 7.42. The molecule has 0 aliphatic carbocycles. The van der Waals surface area contributed by atoms with Gasteiger partial charge < -0.3 is 5.11 Å². The smallest absolute Gasteiger partial charge is 0.401 e. The lowest BCUT2D eigenvalue weighted by Gasteiger charge is -2.22. The van der Waals surface area contributed by atoms with Crippen LogP contribution in [0.1, 0.15) is 12.5 Å². The van der Waals surface area contributed by atoms with E-state index >= 15 is 0 Å². The second-order valence-electron chi connectivity index (χ2n) is 3.55. The number of hydrogen-bond acceptors (Lipinski definition) is 2. The number of halogens is 3. The van der Waals surface area contributed by atoms with E-state index < -0.39 is 12.7 Å². The normalized spacial score (nSPS) is 12.1. The van der Waals surface area contributed by atoms with Crippen LogP contribution in [-0.4, -0.2) is 29.3 Å². The van der Waals surface area contributed by atoms with E-state index in [4.69, 9.17) is 0 Å². The standard InChI is InChI=1S/C11H14F3NO/c1-2-15(8-11(12,13)14)7-9-5-3-4-6-10(9)16/h3-6,16H,2,7-8H2,1H3. The highest BCUT2D eigenvalue weighted by Crippen LogP contribution is 2.21. The molecule has 0 saturated carbocycles. The van der Waals surface area contributed by atoms with Crippen LogP contribution < -0.4 is 0 Å². The lowest BCUT2D eigenvalue weighted by Crippen LogP contribution is -2.33. The van der Waals surface area contributed by atoms with Crippen molar-refractivity contribution in [2.24, 2.45) is 0 Å². The largest absolute Gasteiger partial charge is 0.508 e. The third-order valence-electron chi connectivity index (χ3n) is 2.24. The average molecular weight is 233 g/mol. The lowest BCUT2D eigenvalue weighted by atomic mass is 10.2. The monoisotopic (exact) mass is 233 g/mol. The van der Waals surface area contributed by atoms with Crippen molar-refractivity contribution in [2.75, 3.05) is 13.1 Å². The Labute approximate surface area is 92.3 Å². The van der Waals surface area contributed by atoms with Crippen LogP contribution in [-0.2, 0) is 6.54 Å². The zero-order valence-electron chi connectivity index (χ0n) is 8.96. The summed E-state index contributed by atoms with van der Waals surface area (Å²) < 4.78 is 36.6. The van der Waals surface area contributed by atoms with Crippen molar-refractivity contribution in [1.82, 2.24) is 4.90 Å². The van der Waals surface area contributed by atoms with Crippen LogP contribution in [0.4, 0.5) is 13.2 Å². The van der Waals surface area contributed by atoms with Gasteiger partial charge in [-0.1, -0.05) is 25.1 Å². The van der Waals surface area contributed by atoms with E-state index in [-0.39, 0.29) is 18.8 Å². The zero-order chi connectivity index (χ0) is 12.2. The van der Waals surface area contributed by atoms with Gasteiger partial charge in [-0.2, -0.15) is 13.2 Å². The van der Waals surface area contributed by atoms with Crippen molar-refractivity contribution in [3.05, 3.63) is 29.8 Å². The van der Waals surface area contributed by atoms with Crippen LogP contribution in [0.3, 0.4) is 0 Å². The van der Waals surface area contributed by atoms with Gasteiger partial charge in [-0.25, -0.2) is 0 Å². The highest BCUT2D eigenvalue weighted by atomic mass is 19.4. The Bertz CT molecular complexity index is 338. The molecular weight excluding hydrogens is 219 g/mol. The number of aromatic hydroxyl groups is 1. The van der Waals surface area contributed by atoms with Crippen molar-refractivity contribution in [1.29, 1.82) is 0 Å². The average Bonchev–Trinajstić information content (AvgIpc) is 2.18. The Hall–Kier alpha value is -1.23. The molecule has 0 atom stereocenters. The number of phenols is 1. The van der Waals surface area contributed by atoms with E-state index in [1.165, 1.54) is 11.0 Å². The van der Waals surface area contributed by atoms with Crippen LogP contribution >= 0.6 is 0 Å². The molecule has 0 fully saturated rings. The highest BCUT2D eigenvalue weighted by Gasteiger charge is 2.30. The summed E-state index contributed by atoms with van der Waals surface area (Å²) >= 11 is 0. The van der Waals surface area contributed by atoms with Gasteiger partial charge in [-0.05, 0) is 12.6 Å². The molecule has 1 aromatic rings. The van der Waals surface area contributed by atoms with E-state index in [1.54, 1.807) is 25.1 Å². The molecule has 90 valence electrons. The topological polar surface area (TPSA) is 23.5 Å². The maximum Gasteiger partial charge on any atom is 0.401 e. The molecule has 1 N–H and O–H groups in total. The van der Waals surface area contributed by atoms with Gasteiger partial charge in [0.05, 0.1) is 6.54 Å². The molecule has 1 rings (SSSR count). The van der Waals surface area contributed by atoms with Crippen molar-refractivity contribution in [3.8, 4) is 5.75 Å². The molecule has 2 nitrogen and oxygen atoms in total. The molecule has 5 heteroatoms. The molecule has 0 aromatic heterocycles. The van der Waals surface area contributed by atoms with Crippen molar-refractivity contribution < 1.29 is 18.3 Å². The van der Waals surface area contributed by atoms with Gasteiger partial charge in [-0.15, -0.1) is 0 Å². The van der Waals surface area contributed by atoms with Crippen LogP contribution in [0.5, 0.6) is 5.75 Å². The van der Waals surface area contributed by atoms with Gasteiger partial charge in [0, 0.05) is 12.1 Å². The second-order valence-corrected chi connectivity index (χ2v) is 3.55. The third kappa shape index (κ3) is 4.10. The van der Waals surface area contributed by atoms with Crippen LogP contribution in [0, 0.1) is 0 Å². The van der Waals surface area contributed by atoms with Gasteiger partial charge >= 0.3 is 6.18 Å². The molecule has 0 heterocycles. The lowest BCUT2D eigenvalue weighted by molar-refractivity contribution is -0.146. The van der Waals surface area contributed by atoms with E-state index in [0.29, 0.717) is 5.56 Å². The fraction of sp³-hybridized carbons (Fsp3) is 0.455. The van der Waals surface area contributed by atoms with Gasteiger partial charge in [0.25, 0.3) is 0 Å². The van der Waals surface area contributed by atoms with E-state index in [0.717, 1.165) is 0 Å². The van der Waals surface area contributed by atoms with Crippen molar-refractivity contribution in [2.45, 2.75) is 19.6 Å². The summed E-state index contributed by atoms with van der Waals surface area (Å²) in [6.07, 6.45) is -4.21. The van der Waals surface area contributed by atoms with Crippen LogP contribution in [0.2, 0.25) is 0 Å². The molecular formula is C11H14F3NO. The number of benzene rings is 1. The van der Waals surface area contributed by atoms with Gasteiger partial charge in [0.1, 0.15) is 5.75 Å². The molecule has 0 spiro atoms. The summed E-state index contributed by atoms with van der Waals surface area (Å²) in [5.41, 5.74) is 0.508. The first-order valence-electron chi connectivity index (χ1n) is 4.98. The molecule has 0 saturated heterocycles. The molecule has 1 aromatic carbocycles. The summed E-state index contributed by atoms with van der Waals surface area (Å²) in [4.78, 5) is 1.23. The molecule has 0 unspecified atom stereocenters. The number of hydrogen-bond donors (Lipinski definition) is 1. The molecule has 0 radical (unpaired) electrons. The second kappa shape index (κ2) is 5.21. The minimum atomic E-state index is -4.21. The minimum Gasteiger partial charge on any atom is -0.508 e. The van der Waals surface area contributed by atoms with Crippen LogP contribution in [0.15, 0.2) is 24.3 Å². The first-order valence-corrected chi connectivity index (χ1v) is 4.98.